The van der Waals surface area contributed by atoms with Crippen LogP contribution in [0.4, 0.5) is 22.3 Å². The average molecular weight is 417 g/mol. The molecule has 0 amide bonds. The summed E-state index contributed by atoms with van der Waals surface area (Å²) in [6, 6.07) is 14.4. The lowest BCUT2D eigenvalue weighted by molar-refractivity contribution is 0.684. The van der Waals surface area contributed by atoms with Crippen molar-refractivity contribution in [2.24, 2.45) is 5.14 Å². The van der Waals surface area contributed by atoms with Crippen molar-refractivity contribution >= 4 is 66.6 Å². The van der Waals surface area contributed by atoms with Crippen LogP contribution in [0.25, 0.3) is 10.3 Å². The van der Waals surface area contributed by atoms with Gasteiger partial charge in [-0.05, 0) is 42.5 Å². The monoisotopic (exact) mass is 416 g/mol. The van der Waals surface area contributed by atoms with Crippen LogP contribution in [-0.2, 0) is 11.0 Å². The van der Waals surface area contributed by atoms with E-state index in [1.165, 1.54) is 17.7 Å². The average Bonchev–Trinajstić information content (AvgIpc) is 3.06. The molecule has 136 valence electrons. The van der Waals surface area contributed by atoms with E-state index in [0.29, 0.717) is 26.5 Å². The van der Waals surface area contributed by atoms with E-state index in [2.05, 4.69) is 25.6 Å². The summed E-state index contributed by atoms with van der Waals surface area (Å²) in [5.74, 6) is 0.654. The molecule has 2 aromatic carbocycles. The van der Waals surface area contributed by atoms with Crippen LogP contribution >= 0.6 is 22.9 Å². The molecule has 2 heterocycles. The Morgan fingerprint density at radius 2 is 1.85 bits per heavy atom. The Bertz CT molecular complexity index is 1130. The Labute approximate surface area is 166 Å². The summed E-state index contributed by atoms with van der Waals surface area (Å²) in [6.45, 7) is 0. The van der Waals surface area contributed by atoms with Gasteiger partial charge in [-0.1, -0.05) is 29.0 Å². The fourth-order valence-corrected chi connectivity index (χ4v) is 3.87. The third-order valence-electron chi connectivity index (χ3n) is 3.62. The third kappa shape index (κ3) is 4.06. The molecule has 0 aliphatic carbocycles. The first-order valence-corrected chi connectivity index (χ1v) is 10.2. The highest BCUT2D eigenvalue weighted by Crippen LogP contribution is 2.33. The highest BCUT2D eigenvalue weighted by Gasteiger charge is 2.11. The fourth-order valence-electron chi connectivity index (χ4n) is 2.40. The summed E-state index contributed by atoms with van der Waals surface area (Å²) in [7, 11) is -1.50. The second-order valence-electron chi connectivity index (χ2n) is 5.48. The number of thiazole rings is 1. The molecule has 0 spiro atoms. The quantitative estimate of drug-likeness (QED) is 0.450. The minimum Gasteiger partial charge on any atom is -0.339 e. The van der Waals surface area contributed by atoms with Crippen LogP contribution in [-0.4, -0.2) is 19.2 Å². The first kappa shape index (κ1) is 17.8. The van der Waals surface area contributed by atoms with E-state index in [1.54, 1.807) is 24.3 Å². The van der Waals surface area contributed by atoms with Crippen LogP contribution in [0, 0.1) is 0 Å². The largest absolute Gasteiger partial charge is 0.339 e. The van der Waals surface area contributed by atoms with Crippen LogP contribution in [0.15, 0.2) is 59.8 Å². The maximum absolute atomic E-state index is 11.3. The summed E-state index contributed by atoms with van der Waals surface area (Å²) < 4.78 is 12.1. The number of nitrogens with one attached hydrogen (secondary N) is 2. The van der Waals surface area contributed by atoms with Gasteiger partial charge < -0.3 is 10.6 Å². The molecule has 10 heteroatoms. The molecular formula is C17H13ClN6OS2. The SMILES string of the molecule is NS(=O)c1ccc(Nc2nc3ncnc(Nc4cccc(Cl)c4)c3s2)cc1. The molecule has 1 atom stereocenters. The predicted molar refractivity (Wildman–Crippen MR) is 110 cm³/mol. The van der Waals surface area contributed by atoms with Crippen molar-refractivity contribution in [2.45, 2.75) is 4.90 Å². The molecule has 0 bridgehead atoms. The van der Waals surface area contributed by atoms with Crippen molar-refractivity contribution < 1.29 is 4.21 Å². The van der Waals surface area contributed by atoms with Crippen LogP contribution in [0.1, 0.15) is 0 Å². The molecule has 0 aliphatic rings. The highest BCUT2D eigenvalue weighted by molar-refractivity contribution is 7.82. The van der Waals surface area contributed by atoms with Crippen LogP contribution < -0.4 is 15.8 Å². The zero-order chi connectivity index (χ0) is 18.8. The molecule has 1 unspecified atom stereocenters. The summed E-state index contributed by atoms with van der Waals surface area (Å²) in [6.07, 6.45) is 1.46. The summed E-state index contributed by atoms with van der Waals surface area (Å²) in [4.78, 5) is 13.6. The molecule has 0 radical (unpaired) electrons. The predicted octanol–water partition coefficient (Wildman–Crippen LogP) is 4.21. The molecule has 7 nitrogen and oxygen atoms in total. The molecule has 4 rings (SSSR count). The van der Waals surface area contributed by atoms with Gasteiger partial charge in [-0.2, -0.15) is 4.98 Å². The van der Waals surface area contributed by atoms with Gasteiger partial charge >= 0.3 is 0 Å². The second kappa shape index (κ2) is 7.57. The Morgan fingerprint density at radius 1 is 1.04 bits per heavy atom. The van der Waals surface area contributed by atoms with Crippen LogP contribution in [0.3, 0.4) is 0 Å². The van der Waals surface area contributed by atoms with Gasteiger partial charge in [-0.15, -0.1) is 0 Å². The van der Waals surface area contributed by atoms with Gasteiger partial charge in [0.15, 0.2) is 16.6 Å². The van der Waals surface area contributed by atoms with Gasteiger partial charge in [0.1, 0.15) is 22.0 Å². The number of hydrogen-bond acceptors (Lipinski definition) is 7. The van der Waals surface area contributed by atoms with E-state index in [1.807, 2.05) is 24.3 Å². The van der Waals surface area contributed by atoms with E-state index in [4.69, 9.17) is 16.7 Å². The van der Waals surface area contributed by atoms with Crippen molar-refractivity contribution in [3.63, 3.8) is 0 Å². The van der Waals surface area contributed by atoms with E-state index in [9.17, 15) is 4.21 Å². The number of fused-ring (bicyclic) bond motifs is 1. The highest BCUT2D eigenvalue weighted by atomic mass is 35.5. The number of rotatable bonds is 5. The number of hydrogen-bond donors (Lipinski definition) is 3. The number of benzene rings is 2. The topological polar surface area (TPSA) is 106 Å². The third-order valence-corrected chi connectivity index (χ3v) is 5.56. The molecule has 0 fully saturated rings. The van der Waals surface area contributed by atoms with Gasteiger partial charge in [0.2, 0.25) is 0 Å². The summed E-state index contributed by atoms with van der Waals surface area (Å²) in [5, 5.41) is 13.1. The maximum Gasteiger partial charge on any atom is 0.189 e. The standard InChI is InChI=1S/C17H13ClN6OS2/c18-10-2-1-3-12(8-10)22-15-14-16(21-9-20-15)24-17(26-14)23-11-4-6-13(7-5-11)27(19)25/h1-9H,19H2,(H2,20,21,22,23,24). The lowest BCUT2D eigenvalue weighted by Gasteiger charge is -2.05. The first-order chi connectivity index (χ1) is 13.1. The lowest BCUT2D eigenvalue weighted by atomic mass is 10.3. The number of halogens is 1. The van der Waals surface area contributed by atoms with E-state index >= 15 is 0 Å². The van der Waals surface area contributed by atoms with Gasteiger partial charge in [-0.3, -0.25) is 0 Å². The Morgan fingerprint density at radius 3 is 2.59 bits per heavy atom. The van der Waals surface area contributed by atoms with Crippen molar-refractivity contribution in [2.75, 3.05) is 10.6 Å². The number of nitrogens with zero attached hydrogens (tertiary/aromatic N) is 3. The molecule has 27 heavy (non-hydrogen) atoms. The minimum absolute atomic E-state index is 0.559. The van der Waals surface area contributed by atoms with E-state index in [0.717, 1.165) is 16.1 Å². The van der Waals surface area contributed by atoms with Gasteiger partial charge in [-0.25, -0.2) is 19.3 Å². The Balaban J connectivity index is 1.61. The smallest absolute Gasteiger partial charge is 0.189 e. The van der Waals surface area contributed by atoms with Gasteiger partial charge in [0, 0.05) is 16.4 Å². The van der Waals surface area contributed by atoms with E-state index < -0.39 is 11.0 Å². The molecular weight excluding hydrogens is 404 g/mol. The van der Waals surface area contributed by atoms with E-state index in [-0.39, 0.29) is 0 Å². The fraction of sp³-hybridized carbons (Fsp3) is 0. The van der Waals surface area contributed by atoms with Crippen LogP contribution in [0.5, 0.6) is 0 Å². The van der Waals surface area contributed by atoms with Gasteiger partial charge in [0.25, 0.3) is 0 Å². The number of nitrogens with two attached hydrogens (primary N) is 1. The van der Waals surface area contributed by atoms with Gasteiger partial charge in [0.05, 0.1) is 4.90 Å². The van der Waals surface area contributed by atoms with Crippen LogP contribution in [0.2, 0.25) is 5.02 Å². The Hall–Kier alpha value is -2.59. The second-order valence-corrected chi connectivity index (χ2v) is 7.98. The van der Waals surface area contributed by atoms with Crippen molar-refractivity contribution in [1.29, 1.82) is 0 Å². The normalized spacial score (nSPS) is 12.1. The maximum atomic E-state index is 11.3. The summed E-state index contributed by atoms with van der Waals surface area (Å²) in [5.41, 5.74) is 2.22. The molecule has 4 N–H and O–H groups in total. The molecule has 2 aromatic heterocycles. The summed E-state index contributed by atoms with van der Waals surface area (Å²) >= 11 is 7.46. The minimum atomic E-state index is -1.50. The zero-order valence-corrected chi connectivity index (χ0v) is 16.1. The van der Waals surface area contributed by atoms with Crippen molar-refractivity contribution in [1.82, 2.24) is 15.0 Å². The van der Waals surface area contributed by atoms with Crippen molar-refractivity contribution in [3.8, 4) is 0 Å². The zero-order valence-electron chi connectivity index (χ0n) is 13.7. The lowest BCUT2D eigenvalue weighted by Crippen LogP contribution is -2.02. The molecule has 0 aliphatic heterocycles. The Kier molecular flexibility index (Phi) is 4.99. The molecule has 0 saturated carbocycles. The number of aromatic nitrogens is 3. The molecule has 0 saturated heterocycles. The number of anilines is 4. The molecule has 4 aromatic rings. The van der Waals surface area contributed by atoms with Crippen molar-refractivity contribution in [3.05, 3.63) is 59.9 Å². The first-order valence-electron chi connectivity index (χ1n) is 7.76.